The molecule has 0 fully saturated rings. The van der Waals surface area contributed by atoms with Crippen LogP contribution in [0.4, 0.5) is 0 Å². The summed E-state index contributed by atoms with van der Waals surface area (Å²) in [6, 6.07) is 9.43. The van der Waals surface area contributed by atoms with E-state index in [1.807, 2.05) is 11.8 Å². The molecule has 0 spiro atoms. The summed E-state index contributed by atoms with van der Waals surface area (Å²) in [5.74, 6) is 1.24. The zero-order chi connectivity index (χ0) is 13.2. The second-order valence-corrected chi connectivity index (χ2v) is 5.97. The third-order valence-corrected chi connectivity index (χ3v) is 4.16. The average Bonchev–Trinajstić information content (AvgIpc) is 2.41. The molecule has 0 aliphatic rings. The average molecular weight is 265 g/mol. The van der Waals surface area contributed by atoms with E-state index in [4.69, 9.17) is 0 Å². The van der Waals surface area contributed by atoms with Crippen LogP contribution in [0.2, 0.25) is 0 Å². The minimum atomic E-state index is 0.459. The lowest BCUT2D eigenvalue weighted by Gasteiger charge is -2.14. The van der Waals surface area contributed by atoms with E-state index in [0.717, 1.165) is 6.54 Å². The molecule has 2 heteroatoms. The molecule has 0 radical (unpaired) electrons. The Labute approximate surface area is 117 Å². The summed E-state index contributed by atoms with van der Waals surface area (Å²) >= 11 is 1.99. The van der Waals surface area contributed by atoms with Gasteiger partial charge in [0.2, 0.25) is 0 Å². The topological polar surface area (TPSA) is 12.0 Å². The van der Waals surface area contributed by atoms with Gasteiger partial charge in [-0.15, -0.1) is 11.8 Å². The maximum absolute atomic E-state index is 3.54. The van der Waals surface area contributed by atoms with Gasteiger partial charge in [-0.2, -0.15) is 0 Å². The van der Waals surface area contributed by atoms with Crippen molar-refractivity contribution in [1.82, 2.24) is 5.32 Å². The normalized spacial score (nSPS) is 12.6. The Bertz CT molecular complexity index is 325. The van der Waals surface area contributed by atoms with Crippen molar-refractivity contribution < 1.29 is 0 Å². The predicted octanol–water partition coefficient (Wildman–Crippen LogP) is 5.03. The number of nitrogens with one attached hydrogen (secondary N) is 1. The van der Waals surface area contributed by atoms with Gasteiger partial charge in [0.05, 0.1) is 0 Å². The lowest BCUT2D eigenvalue weighted by atomic mass is 10.1. The fourth-order valence-electron chi connectivity index (χ4n) is 1.89. The van der Waals surface area contributed by atoms with E-state index in [9.17, 15) is 0 Å². The van der Waals surface area contributed by atoms with Crippen LogP contribution in [0.15, 0.2) is 29.2 Å². The molecule has 1 aromatic rings. The highest BCUT2D eigenvalue weighted by Gasteiger charge is 2.04. The van der Waals surface area contributed by atoms with E-state index in [2.05, 4.69) is 50.4 Å². The first-order valence-electron chi connectivity index (χ1n) is 7.24. The second-order valence-electron chi connectivity index (χ2n) is 4.80. The molecule has 0 heterocycles. The first-order valence-corrected chi connectivity index (χ1v) is 8.22. The second kappa shape index (κ2) is 9.46. The Hall–Kier alpha value is -0.470. The number of unbranched alkanes of at least 4 members (excludes halogenated alkanes) is 2. The van der Waals surface area contributed by atoms with E-state index in [-0.39, 0.29) is 0 Å². The Morgan fingerprint density at radius 2 is 2.00 bits per heavy atom. The van der Waals surface area contributed by atoms with Crippen LogP contribution in [0, 0.1) is 0 Å². The molecule has 0 aromatic heterocycles. The molecule has 1 aromatic carbocycles. The molecule has 0 saturated carbocycles. The van der Waals surface area contributed by atoms with Crippen molar-refractivity contribution in [3.05, 3.63) is 29.8 Å². The molecule has 0 saturated heterocycles. The summed E-state index contributed by atoms with van der Waals surface area (Å²) in [4.78, 5) is 1.41. The summed E-state index contributed by atoms with van der Waals surface area (Å²) in [5, 5.41) is 3.54. The fourth-order valence-corrected chi connectivity index (χ4v) is 2.87. The Morgan fingerprint density at radius 3 is 2.72 bits per heavy atom. The van der Waals surface area contributed by atoms with Crippen molar-refractivity contribution in [2.24, 2.45) is 0 Å². The van der Waals surface area contributed by atoms with Gasteiger partial charge in [-0.3, -0.25) is 0 Å². The van der Waals surface area contributed by atoms with Gasteiger partial charge in [-0.1, -0.05) is 38.8 Å². The number of benzene rings is 1. The van der Waals surface area contributed by atoms with Gasteiger partial charge in [-0.25, -0.2) is 0 Å². The van der Waals surface area contributed by atoms with Gasteiger partial charge in [0.25, 0.3) is 0 Å². The number of rotatable bonds is 9. The molecule has 0 aliphatic carbocycles. The van der Waals surface area contributed by atoms with Gasteiger partial charge < -0.3 is 5.32 Å². The zero-order valence-corrected chi connectivity index (χ0v) is 12.9. The number of hydrogen-bond donors (Lipinski definition) is 1. The van der Waals surface area contributed by atoms with Crippen LogP contribution < -0.4 is 5.32 Å². The molecule has 0 aliphatic heterocycles. The molecule has 1 atom stereocenters. The highest BCUT2D eigenvalue weighted by Crippen LogP contribution is 2.23. The van der Waals surface area contributed by atoms with E-state index in [1.54, 1.807) is 0 Å². The Balaban J connectivity index is 2.45. The molecule has 1 nitrogen and oxygen atoms in total. The maximum atomic E-state index is 3.54. The van der Waals surface area contributed by atoms with Crippen molar-refractivity contribution in [2.75, 3.05) is 12.3 Å². The largest absolute Gasteiger partial charge is 0.310 e. The molecule has 18 heavy (non-hydrogen) atoms. The summed E-state index contributed by atoms with van der Waals surface area (Å²) < 4.78 is 0. The van der Waals surface area contributed by atoms with E-state index >= 15 is 0 Å². The summed E-state index contributed by atoms with van der Waals surface area (Å²) in [6.07, 6.45) is 5.17. The molecule has 0 bridgehead atoms. The number of thioether (sulfide) groups is 1. The Kier molecular flexibility index (Phi) is 8.19. The van der Waals surface area contributed by atoms with Crippen LogP contribution in [-0.2, 0) is 0 Å². The molecule has 102 valence electrons. The van der Waals surface area contributed by atoms with E-state index in [1.165, 1.54) is 41.9 Å². The number of hydrogen-bond acceptors (Lipinski definition) is 2. The van der Waals surface area contributed by atoms with Crippen molar-refractivity contribution in [3.63, 3.8) is 0 Å². The minimum Gasteiger partial charge on any atom is -0.310 e. The first-order chi connectivity index (χ1) is 8.77. The molecular weight excluding hydrogens is 238 g/mol. The molecular formula is C16H27NS. The summed E-state index contributed by atoms with van der Waals surface area (Å²) in [7, 11) is 0. The predicted molar refractivity (Wildman–Crippen MR) is 83.4 cm³/mol. The molecule has 1 unspecified atom stereocenters. The van der Waals surface area contributed by atoms with Crippen molar-refractivity contribution in [2.45, 2.75) is 57.4 Å². The van der Waals surface area contributed by atoms with Crippen LogP contribution in [0.1, 0.15) is 58.1 Å². The maximum Gasteiger partial charge on any atom is 0.0292 e. The van der Waals surface area contributed by atoms with Crippen LogP contribution in [0.3, 0.4) is 0 Å². The zero-order valence-electron chi connectivity index (χ0n) is 12.0. The van der Waals surface area contributed by atoms with Gasteiger partial charge in [0.1, 0.15) is 0 Å². The highest BCUT2D eigenvalue weighted by molar-refractivity contribution is 7.99. The quantitative estimate of drug-likeness (QED) is 0.496. The molecule has 1 N–H and O–H groups in total. The summed E-state index contributed by atoms with van der Waals surface area (Å²) in [6.45, 7) is 7.80. The standard InChI is InChI=1S/C16H27NS/c1-4-6-7-12-18-16-10-8-9-15(13-16)14(3)17-11-5-2/h8-10,13-14,17H,4-7,11-12H2,1-3H3. The molecule has 0 amide bonds. The van der Waals surface area contributed by atoms with Crippen LogP contribution in [-0.4, -0.2) is 12.3 Å². The fraction of sp³-hybridized carbons (Fsp3) is 0.625. The van der Waals surface area contributed by atoms with Crippen LogP contribution in [0.5, 0.6) is 0 Å². The van der Waals surface area contributed by atoms with Gasteiger partial charge in [-0.05, 0) is 49.8 Å². The van der Waals surface area contributed by atoms with E-state index in [0.29, 0.717) is 6.04 Å². The van der Waals surface area contributed by atoms with Crippen molar-refractivity contribution in [3.8, 4) is 0 Å². The van der Waals surface area contributed by atoms with Gasteiger partial charge >= 0.3 is 0 Å². The lowest BCUT2D eigenvalue weighted by molar-refractivity contribution is 0.570. The minimum absolute atomic E-state index is 0.459. The smallest absolute Gasteiger partial charge is 0.0292 e. The summed E-state index contributed by atoms with van der Waals surface area (Å²) in [5.41, 5.74) is 1.41. The third-order valence-electron chi connectivity index (χ3n) is 3.08. The van der Waals surface area contributed by atoms with Crippen LogP contribution in [0.25, 0.3) is 0 Å². The van der Waals surface area contributed by atoms with E-state index < -0.39 is 0 Å². The SMILES string of the molecule is CCCCCSc1cccc(C(C)NCCC)c1. The lowest BCUT2D eigenvalue weighted by Crippen LogP contribution is -2.19. The van der Waals surface area contributed by atoms with Crippen molar-refractivity contribution >= 4 is 11.8 Å². The van der Waals surface area contributed by atoms with Gasteiger partial charge in [0, 0.05) is 10.9 Å². The molecule has 1 rings (SSSR count). The first kappa shape index (κ1) is 15.6. The van der Waals surface area contributed by atoms with Crippen molar-refractivity contribution in [1.29, 1.82) is 0 Å². The Morgan fingerprint density at radius 1 is 1.17 bits per heavy atom. The van der Waals surface area contributed by atoms with Crippen LogP contribution >= 0.6 is 11.8 Å². The highest BCUT2D eigenvalue weighted by atomic mass is 32.2. The monoisotopic (exact) mass is 265 g/mol. The van der Waals surface area contributed by atoms with Gasteiger partial charge in [0.15, 0.2) is 0 Å². The third kappa shape index (κ3) is 5.92.